The molecule has 0 amide bonds. The average molecular weight is 487 g/mol. The molecule has 180 valence electrons. The molecule has 1 aliphatic heterocycles. The van der Waals surface area contributed by atoms with Crippen molar-refractivity contribution in [2.45, 2.75) is 30.5 Å². The molecule has 0 spiro atoms. The predicted octanol–water partition coefficient (Wildman–Crippen LogP) is 1.71. The first-order valence-electron chi connectivity index (χ1n) is 10.6. The van der Waals surface area contributed by atoms with E-state index in [2.05, 4.69) is 4.98 Å². The molecule has 34 heavy (non-hydrogen) atoms. The van der Waals surface area contributed by atoms with Crippen LogP contribution >= 0.6 is 12.2 Å². The molecule has 2 aromatic carbocycles. The summed E-state index contributed by atoms with van der Waals surface area (Å²) in [5.41, 5.74) is 1.75. The van der Waals surface area contributed by atoms with Gasteiger partial charge in [-0.3, -0.25) is 9.55 Å². The molecule has 0 radical (unpaired) electrons. The van der Waals surface area contributed by atoms with E-state index in [0.29, 0.717) is 17.1 Å². The summed E-state index contributed by atoms with van der Waals surface area (Å²) in [5.74, 6) is 1.00. The van der Waals surface area contributed by atoms with Gasteiger partial charge in [0.05, 0.1) is 20.8 Å². The summed E-state index contributed by atoms with van der Waals surface area (Å²) in [6.07, 6.45) is -3.43. The molecule has 3 aromatic rings. The summed E-state index contributed by atoms with van der Waals surface area (Å²) in [5, 5.41) is 30.1. The van der Waals surface area contributed by atoms with Gasteiger partial charge in [0.2, 0.25) is 0 Å². The van der Waals surface area contributed by atoms with Crippen LogP contribution in [0.5, 0.6) is 11.5 Å². The van der Waals surface area contributed by atoms with Crippen molar-refractivity contribution >= 4 is 12.2 Å². The van der Waals surface area contributed by atoms with Crippen LogP contribution in [0, 0.1) is 4.64 Å². The highest BCUT2D eigenvalue weighted by atomic mass is 32.1. The fraction of sp³-hybridized carbons (Fsp3) is 0.333. The number of methoxy groups -OCH3 is 2. The molecule has 1 aromatic heterocycles. The lowest BCUT2D eigenvalue weighted by Crippen LogP contribution is -2.36. The Hall–Kier alpha value is -3.02. The second-order valence-electron chi connectivity index (χ2n) is 7.96. The number of aromatic nitrogens is 2. The molecule has 1 fully saturated rings. The average Bonchev–Trinajstić information content (AvgIpc) is 3.14. The highest BCUT2D eigenvalue weighted by Gasteiger charge is 2.44. The zero-order chi connectivity index (χ0) is 24.4. The Labute approximate surface area is 200 Å². The second-order valence-corrected chi connectivity index (χ2v) is 8.37. The Bertz CT molecular complexity index is 1190. The van der Waals surface area contributed by atoms with Gasteiger partial charge in [-0.1, -0.05) is 36.5 Å². The number of rotatable bonds is 7. The number of aromatic amines is 1. The highest BCUT2D eigenvalue weighted by molar-refractivity contribution is 7.71. The summed E-state index contributed by atoms with van der Waals surface area (Å²) < 4.78 is 17.5. The van der Waals surface area contributed by atoms with Crippen molar-refractivity contribution in [3.8, 4) is 11.5 Å². The van der Waals surface area contributed by atoms with Crippen molar-refractivity contribution in [2.24, 2.45) is 0 Å². The van der Waals surface area contributed by atoms with Crippen molar-refractivity contribution < 1.29 is 29.5 Å². The van der Waals surface area contributed by atoms with E-state index in [1.54, 1.807) is 14.2 Å². The van der Waals surface area contributed by atoms with Crippen LogP contribution in [-0.2, 0) is 4.74 Å². The maximum Gasteiger partial charge on any atom is 0.328 e. The van der Waals surface area contributed by atoms with Gasteiger partial charge < -0.3 is 29.5 Å². The fourth-order valence-corrected chi connectivity index (χ4v) is 4.41. The number of nitrogens with zero attached hydrogens (tertiary/aromatic N) is 1. The molecular formula is C24H26N2O7S. The van der Waals surface area contributed by atoms with Gasteiger partial charge >= 0.3 is 5.69 Å². The van der Waals surface area contributed by atoms with E-state index in [-0.39, 0.29) is 10.6 Å². The molecule has 0 saturated carbocycles. The maximum atomic E-state index is 12.8. The quantitative estimate of drug-likeness (QED) is 0.372. The van der Waals surface area contributed by atoms with Crippen molar-refractivity contribution in [2.75, 3.05) is 20.8 Å². The minimum atomic E-state index is -1.41. The van der Waals surface area contributed by atoms with E-state index < -0.39 is 36.8 Å². The first-order valence-corrected chi connectivity index (χ1v) is 11.0. The summed E-state index contributed by atoms with van der Waals surface area (Å²) in [6, 6.07) is 15.0. The Morgan fingerprint density at radius 3 is 1.97 bits per heavy atom. The van der Waals surface area contributed by atoms with Crippen LogP contribution in [0.1, 0.15) is 28.8 Å². The number of nitrogens with one attached hydrogen (secondary N) is 1. The topological polar surface area (TPSA) is 126 Å². The van der Waals surface area contributed by atoms with Gasteiger partial charge in [-0.2, -0.15) is 0 Å². The van der Waals surface area contributed by atoms with E-state index >= 15 is 0 Å². The number of aliphatic hydroxyl groups is 3. The molecule has 4 atom stereocenters. The summed E-state index contributed by atoms with van der Waals surface area (Å²) in [7, 11) is 3.17. The van der Waals surface area contributed by atoms with Gasteiger partial charge in [-0.25, -0.2) is 4.79 Å². The summed E-state index contributed by atoms with van der Waals surface area (Å²) in [6.45, 7) is -0.501. The Morgan fingerprint density at radius 2 is 1.53 bits per heavy atom. The monoisotopic (exact) mass is 486 g/mol. The Morgan fingerprint density at radius 1 is 1.00 bits per heavy atom. The SMILES string of the molecule is COc1ccc(C(c2ccc(OC)cc2)c2cn([C@@H]3O[C@H](CO)[C@@H](O)[C@H]3O)c(=O)[nH]c2=S)cc1. The molecule has 10 heteroatoms. The van der Waals surface area contributed by atoms with Crippen molar-refractivity contribution in [3.63, 3.8) is 0 Å². The van der Waals surface area contributed by atoms with E-state index in [1.807, 2.05) is 48.5 Å². The molecule has 0 unspecified atom stereocenters. The van der Waals surface area contributed by atoms with Crippen LogP contribution in [0.2, 0.25) is 0 Å². The molecule has 4 rings (SSSR count). The van der Waals surface area contributed by atoms with Crippen LogP contribution < -0.4 is 15.2 Å². The number of hydrogen-bond donors (Lipinski definition) is 4. The molecule has 9 nitrogen and oxygen atoms in total. The molecule has 1 saturated heterocycles. The molecule has 2 heterocycles. The standard InChI is InChI=1S/C24H26N2O7S/c1-31-15-7-3-13(4-8-15)19(14-5-9-16(32-2)10-6-14)17-11-26(24(30)25-22(17)34)23-21(29)20(28)18(12-27)33-23/h3-11,18-21,23,27-29H,12H2,1-2H3,(H,25,30,34)/t18-,20-,21-,23-/m1/s1. The van der Waals surface area contributed by atoms with Crippen LogP contribution in [0.15, 0.2) is 59.5 Å². The van der Waals surface area contributed by atoms with Gasteiger partial charge in [0, 0.05) is 17.7 Å². The van der Waals surface area contributed by atoms with Gasteiger partial charge in [-0.05, 0) is 35.4 Å². The first-order chi connectivity index (χ1) is 16.4. The smallest absolute Gasteiger partial charge is 0.328 e. The lowest BCUT2D eigenvalue weighted by atomic mass is 9.86. The second kappa shape index (κ2) is 10.1. The molecular weight excluding hydrogens is 460 g/mol. The van der Waals surface area contributed by atoms with Crippen LogP contribution in [0.3, 0.4) is 0 Å². The lowest BCUT2D eigenvalue weighted by Gasteiger charge is -2.23. The van der Waals surface area contributed by atoms with Gasteiger partial charge in [0.15, 0.2) is 6.23 Å². The zero-order valence-corrected chi connectivity index (χ0v) is 19.4. The molecule has 1 aliphatic rings. The zero-order valence-electron chi connectivity index (χ0n) is 18.6. The number of benzene rings is 2. The van der Waals surface area contributed by atoms with Crippen LogP contribution in [0.25, 0.3) is 0 Å². The third kappa shape index (κ3) is 4.50. The van der Waals surface area contributed by atoms with Crippen molar-refractivity contribution in [1.82, 2.24) is 9.55 Å². The summed E-state index contributed by atoms with van der Waals surface area (Å²) >= 11 is 5.53. The van der Waals surface area contributed by atoms with E-state index in [9.17, 15) is 20.1 Å². The minimum absolute atomic E-state index is 0.227. The predicted molar refractivity (Wildman–Crippen MR) is 126 cm³/mol. The lowest BCUT2D eigenvalue weighted by molar-refractivity contribution is -0.0551. The van der Waals surface area contributed by atoms with E-state index in [4.69, 9.17) is 26.4 Å². The maximum absolute atomic E-state index is 12.8. The fourth-order valence-electron chi connectivity index (χ4n) is 4.15. The number of hydrogen-bond acceptors (Lipinski definition) is 8. The third-order valence-electron chi connectivity index (χ3n) is 6.00. The van der Waals surface area contributed by atoms with Crippen molar-refractivity contribution in [1.29, 1.82) is 0 Å². The van der Waals surface area contributed by atoms with E-state index in [1.165, 1.54) is 6.20 Å². The van der Waals surface area contributed by atoms with Crippen LogP contribution in [0.4, 0.5) is 0 Å². The van der Waals surface area contributed by atoms with E-state index in [0.717, 1.165) is 15.7 Å². The summed E-state index contributed by atoms with van der Waals surface area (Å²) in [4.78, 5) is 15.4. The Balaban J connectivity index is 1.86. The minimum Gasteiger partial charge on any atom is -0.497 e. The van der Waals surface area contributed by atoms with Gasteiger partial charge in [0.1, 0.15) is 34.5 Å². The highest BCUT2D eigenvalue weighted by Crippen LogP contribution is 2.35. The number of H-pyrrole nitrogens is 1. The molecule has 4 N–H and O–H groups in total. The number of aliphatic hydroxyl groups excluding tert-OH is 3. The first kappa shape index (κ1) is 24.1. The van der Waals surface area contributed by atoms with Gasteiger partial charge in [0.25, 0.3) is 0 Å². The molecule has 0 bridgehead atoms. The third-order valence-corrected chi connectivity index (χ3v) is 6.33. The number of ether oxygens (including phenoxy) is 3. The largest absolute Gasteiger partial charge is 0.497 e. The molecule has 0 aliphatic carbocycles. The van der Waals surface area contributed by atoms with Crippen molar-refractivity contribution in [3.05, 3.63) is 86.5 Å². The van der Waals surface area contributed by atoms with Crippen LogP contribution in [-0.4, -0.2) is 64.0 Å². The Kier molecular flexibility index (Phi) is 7.15. The normalized spacial score (nSPS) is 22.2. The van der Waals surface area contributed by atoms with Gasteiger partial charge in [-0.15, -0.1) is 0 Å².